The van der Waals surface area contributed by atoms with Crippen molar-refractivity contribution in [1.82, 2.24) is 0 Å². The minimum absolute atomic E-state index is 0.0306. The molecule has 5 heteroatoms. The van der Waals surface area contributed by atoms with Gasteiger partial charge in [-0.2, -0.15) is 8.78 Å². The molecule has 0 amide bonds. The average Bonchev–Trinajstić information content (AvgIpc) is 2.60. The fraction of sp³-hybridized carbons (Fsp3) is 0.200. The number of hydrogen-bond acceptors (Lipinski definition) is 2. The van der Waals surface area contributed by atoms with Gasteiger partial charge in [0.15, 0.2) is 0 Å². The fourth-order valence-electron chi connectivity index (χ4n) is 2.62. The summed E-state index contributed by atoms with van der Waals surface area (Å²) in [6.45, 7) is 1.86. The SMILES string of the molecule is CCc1cc2ccc(OC(F)(F)c3ccc(OC)cc3)cc2cc1F. The fourth-order valence-corrected chi connectivity index (χ4v) is 2.62. The molecule has 0 saturated carbocycles. The Kier molecular flexibility index (Phi) is 4.57. The smallest absolute Gasteiger partial charge is 0.426 e. The van der Waals surface area contributed by atoms with Crippen molar-refractivity contribution in [2.24, 2.45) is 0 Å². The Bertz CT molecular complexity index is 889. The Morgan fingerprint density at radius 2 is 1.56 bits per heavy atom. The van der Waals surface area contributed by atoms with Gasteiger partial charge in [-0.1, -0.05) is 13.0 Å². The second kappa shape index (κ2) is 6.67. The normalized spacial score (nSPS) is 11.6. The highest BCUT2D eigenvalue weighted by Crippen LogP contribution is 2.34. The van der Waals surface area contributed by atoms with Gasteiger partial charge in [-0.15, -0.1) is 0 Å². The molecule has 0 unspecified atom stereocenters. The molecule has 0 atom stereocenters. The van der Waals surface area contributed by atoms with Crippen LogP contribution in [-0.2, 0) is 12.5 Å². The Labute approximate surface area is 143 Å². The summed E-state index contributed by atoms with van der Waals surface area (Å²) in [4.78, 5) is 0. The summed E-state index contributed by atoms with van der Waals surface area (Å²) in [5, 5.41) is 1.29. The third-order valence-corrected chi connectivity index (χ3v) is 4.03. The molecule has 0 N–H and O–H groups in total. The molecule has 3 aromatic carbocycles. The van der Waals surface area contributed by atoms with E-state index in [9.17, 15) is 13.2 Å². The number of methoxy groups -OCH3 is 1. The molecule has 0 radical (unpaired) electrons. The van der Waals surface area contributed by atoms with Crippen LogP contribution >= 0.6 is 0 Å². The number of aryl methyl sites for hydroxylation is 1. The average molecular weight is 346 g/mol. The van der Waals surface area contributed by atoms with Gasteiger partial charge in [0, 0.05) is 0 Å². The summed E-state index contributed by atoms with van der Waals surface area (Å²) in [7, 11) is 1.46. The van der Waals surface area contributed by atoms with Crippen LogP contribution in [0.15, 0.2) is 54.6 Å². The highest BCUT2D eigenvalue weighted by molar-refractivity contribution is 5.84. The van der Waals surface area contributed by atoms with Crippen molar-refractivity contribution in [3.63, 3.8) is 0 Å². The van der Waals surface area contributed by atoms with Gasteiger partial charge in [0.25, 0.3) is 0 Å². The molecule has 0 fully saturated rings. The topological polar surface area (TPSA) is 18.5 Å². The highest BCUT2D eigenvalue weighted by atomic mass is 19.3. The largest absolute Gasteiger partial charge is 0.497 e. The standard InChI is InChI=1S/C20H17F3O2/c1-3-13-10-14-4-7-18(11-15(14)12-19(13)21)25-20(22,23)16-5-8-17(24-2)9-6-16/h4-12H,3H2,1-2H3. The molecule has 0 spiro atoms. The maximum Gasteiger partial charge on any atom is 0.426 e. The summed E-state index contributed by atoms with van der Waals surface area (Å²) < 4.78 is 52.4. The zero-order chi connectivity index (χ0) is 18.0. The molecule has 3 aromatic rings. The van der Waals surface area contributed by atoms with E-state index >= 15 is 0 Å². The van der Waals surface area contributed by atoms with Gasteiger partial charge < -0.3 is 9.47 Å². The Morgan fingerprint density at radius 1 is 0.880 bits per heavy atom. The van der Waals surface area contributed by atoms with Gasteiger partial charge in [-0.05, 0) is 71.3 Å². The molecule has 0 aliphatic carbocycles. The second-order valence-electron chi connectivity index (χ2n) is 5.65. The molecule has 0 saturated heterocycles. The lowest BCUT2D eigenvalue weighted by atomic mass is 10.0. The first kappa shape index (κ1) is 17.1. The Hall–Kier alpha value is -2.69. The lowest BCUT2D eigenvalue weighted by Gasteiger charge is -2.19. The van der Waals surface area contributed by atoms with Gasteiger partial charge in [0.1, 0.15) is 17.3 Å². The predicted octanol–water partition coefficient (Wildman–Crippen LogP) is 5.68. The molecule has 0 aromatic heterocycles. The van der Waals surface area contributed by atoms with Crippen LogP contribution in [0.5, 0.6) is 11.5 Å². The van der Waals surface area contributed by atoms with Crippen LogP contribution in [0.2, 0.25) is 0 Å². The predicted molar refractivity (Wildman–Crippen MR) is 90.8 cm³/mol. The van der Waals surface area contributed by atoms with Crippen molar-refractivity contribution in [2.75, 3.05) is 7.11 Å². The third-order valence-electron chi connectivity index (χ3n) is 4.03. The number of benzene rings is 3. The van der Waals surface area contributed by atoms with Gasteiger partial charge in [-0.25, -0.2) is 4.39 Å². The van der Waals surface area contributed by atoms with E-state index in [0.717, 1.165) is 5.39 Å². The van der Waals surface area contributed by atoms with Crippen molar-refractivity contribution >= 4 is 10.8 Å². The Morgan fingerprint density at radius 3 is 2.20 bits per heavy atom. The lowest BCUT2D eigenvalue weighted by molar-refractivity contribution is -0.185. The number of rotatable bonds is 5. The monoisotopic (exact) mass is 346 g/mol. The third kappa shape index (κ3) is 3.55. The van der Waals surface area contributed by atoms with Gasteiger partial charge in [0.2, 0.25) is 0 Å². The van der Waals surface area contributed by atoms with Crippen LogP contribution in [-0.4, -0.2) is 7.11 Å². The second-order valence-corrected chi connectivity index (χ2v) is 5.65. The maximum atomic E-state index is 14.3. The van der Waals surface area contributed by atoms with E-state index in [1.165, 1.54) is 49.6 Å². The van der Waals surface area contributed by atoms with E-state index in [0.29, 0.717) is 23.1 Å². The van der Waals surface area contributed by atoms with Crippen molar-refractivity contribution in [1.29, 1.82) is 0 Å². The number of halogens is 3. The summed E-state index contributed by atoms with van der Waals surface area (Å²) in [5.74, 6) is 0.0958. The van der Waals surface area contributed by atoms with E-state index in [2.05, 4.69) is 0 Å². The summed E-state index contributed by atoms with van der Waals surface area (Å²) in [6.07, 6.45) is -2.95. The van der Waals surface area contributed by atoms with Crippen LogP contribution in [0.25, 0.3) is 10.8 Å². The molecule has 0 heterocycles. The number of ether oxygens (including phenoxy) is 2. The highest BCUT2D eigenvalue weighted by Gasteiger charge is 2.34. The minimum atomic E-state index is -3.51. The summed E-state index contributed by atoms with van der Waals surface area (Å²) in [5.41, 5.74) is 0.297. The van der Waals surface area contributed by atoms with Gasteiger partial charge in [-0.3, -0.25) is 0 Å². The summed E-state index contributed by atoms with van der Waals surface area (Å²) >= 11 is 0. The zero-order valence-electron chi connectivity index (χ0n) is 13.9. The number of alkyl halides is 2. The molecule has 2 nitrogen and oxygen atoms in total. The van der Waals surface area contributed by atoms with E-state index in [1.54, 1.807) is 12.1 Å². The van der Waals surface area contributed by atoms with Gasteiger partial charge in [0.05, 0.1) is 12.7 Å². The maximum absolute atomic E-state index is 14.3. The lowest BCUT2D eigenvalue weighted by Crippen LogP contribution is -2.21. The number of fused-ring (bicyclic) bond motifs is 1. The molecular formula is C20H17F3O2. The van der Waals surface area contributed by atoms with Gasteiger partial charge >= 0.3 is 6.11 Å². The molecule has 130 valence electrons. The van der Waals surface area contributed by atoms with Crippen molar-refractivity contribution in [2.45, 2.75) is 19.5 Å². The minimum Gasteiger partial charge on any atom is -0.497 e. The first-order valence-electron chi connectivity index (χ1n) is 7.86. The molecular weight excluding hydrogens is 329 g/mol. The zero-order valence-corrected chi connectivity index (χ0v) is 13.9. The van der Waals surface area contributed by atoms with Crippen molar-refractivity contribution < 1.29 is 22.6 Å². The quantitative estimate of drug-likeness (QED) is 0.592. The molecule has 0 aliphatic heterocycles. The number of hydrogen-bond donors (Lipinski definition) is 0. The van der Waals surface area contributed by atoms with E-state index in [-0.39, 0.29) is 17.1 Å². The van der Waals surface area contributed by atoms with Crippen LogP contribution in [0.1, 0.15) is 18.1 Å². The van der Waals surface area contributed by atoms with Crippen molar-refractivity contribution in [3.8, 4) is 11.5 Å². The van der Waals surface area contributed by atoms with Crippen LogP contribution in [0, 0.1) is 5.82 Å². The van der Waals surface area contributed by atoms with Crippen LogP contribution in [0.4, 0.5) is 13.2 Å². The van der Waals surface area contributed by atoms with Crippen LogP contribution in [0.3, 0.4) is 0 Å². The molecule has 0 aliphatic rings. The Balaban J connectivity index is 1.90. The summed E-state index contributed by atoms with van der Waals surface area (Å²) in [6, 6.07) is 12.9. The molecule has 0 bridgehead atoms. The van der Waals surface area contributed by atoms with E-state index in [4.69, 9.17) is 9.47 Å². The molecule has 3 rings (SSSR count). The molecule has 25 heavy (non-hydrogen) atoms. The van der Waals surface area contributed by atoms with E-state index in [1.807, 2.05) is 6.92 Å². The first-order valence-corrected chi connectivity index (χ1v) is 7.86. The van der Waals surface area contributed by atoms with Crippen LogP contribution < -0.4 is 9.47 Å². The van der Waals surface area contributed by atoms with E-state index < -0.39 is 6.11 Å². The van der Waals surface area contributed by atoms with Crippen molar-refractivity contribution in [3.05, 3.63) is 71.5 Å². The first-order chi connectivity index (χ1) is 11.9.